The molecule has 0 aliphatic heterocycles. The van der Waals surface area contributed by atoms with E-state index in [-0.39, 0.29) is 30.2 Å². The molecule has 2 aliphatic rings. The molecule has 1 amide bonds. The molecule has 0 radical (unpaired) electrons. The first-order valence-electron chi connectivity index (χ1n) is 7.25. The van der Waals surface area contributed by atoms with E-state index in [1.165, 1.54) is 4.68 Å². The third-order valence-electron chi connectivity index (χ3n) is 3.76. The zero-order valence-electron chi connectivity index (χ0n) is 11.5. The Morgan fingerprint density at radius 2 is 2.19 bits per heavy atom. The van der Waals surface area contributed by atoms with Gasteiger partial charge in [-0.15, -0.1) is 5.10 Å². The van der Waals surface area contributed by atoms with Crippen LogP contribution in [-0.4, -0.2) is 26.3 Å². The van der Waals surface area contributed by atoms with Gasteiger partial charge in [0.05, 0.1) is 6.26 Å². The van der Waals surface area contributed by atoms with Crippen molar-refractivity contribution in [2.24, 2.45) is 0 Å². The van der Waals surface area contributed by atoms with Crippen LogP contribution in [0.4, 0.5) is 0 Å². The highest BCUT2D eigenvalue weighted by Crippen LogP contribution is 2.36. The SMILES string of the molecule is O=C(Cn1nc(-c2ccco2)n(C2CC2)c1=O)NC1CC1. The molecule has 0 saturated heterocycles. The van der Waals surface area contributed by atoms with Gasteiger partial charge in [0.25, 0.3) is 0 Å². The van der Waals surface area contributed by atoms with Gasteiger partial charge in [-0.05, 0) is 37.8 Å². The normalized spacial score (nSPS) is 17.9. The summed E-state index contributed by atoms with van der Waals surface area (Å²) in [5.41, 5.74) is -0.241. The minimum Gasteiger partial charge on any atom is -0.461 e. The number of amides is 1. The molecule has 4 rings (SSSR count). The maximum atomic E-state index is 12.4. The zero-order valence-corrected chi connectivity index (χ0v) is 11.5. The minimum atomic E-state index is -0.241. The van der Waals surface area contributed by atoms with Crippen LogP contribution in [0.15, 0.2) is 27.6 Å². The topological polar surface area (TPSA) is 82.1 Å². The molecule has 21 heavy (non-hydrogen) atoms. The van der Waals surface area contributed by atoms with Crippen molar-refractivity contribution in [2.45, 2.75) is 44.3 Å². The van der Waals surface area contributed by atoms with E-state index in [0.717, 1.165) is 25.7 Å². The van der Waals surface area contributed by atoms with Gasteiger partial charge < -0.3 is 9.73 Å². The van der Waals surface area contributed by atoms with E-state index >= 15 is 0 Å². The quantitative estimate of drug-likeness (QED) is 0.887. The summed E-state index contributed by atoms with van der Waals surface area (Å²) < 4.78 is 8.22. The van der Waals surface area contributed by atoms with Gasteiger partial charge in [0.1, 0.15) is 6.54 Å². The van der Waals surface area contributed by atoms with E-state index in [0.29, 0.717) is 11.6 Å². The largest absolute Gasteiger partial charge is 0.461 e. The second kappa shape index (κ2) is 4.61. The number of hydrogen-bond donors (Lipinski definition) is 1. The number of carbonyl (C=O) groups excluding carboxylic acids is 1. The highest BCUT2D eigenvalue weighted by Gasteiger charge is 2.32. The molecule has 2 fully saturated rings. The Kier molecular flexibility index (Phi) is 2.73. The van der Waals surface area contributed by atoms with Crippen LogP contribution in [0.3, 0.4) is 0 Å². The standard InChI is InChI=1S/C14H16N4O3/c19-12(15-9-3-4-9)8-17-14(20)18(10-5-6-10)13(16-17)11-2-1-7-21-11/h1-2,7,9-10H,3-6,8H2,(H,15,19). The summed E-state index contributed by atoms with van der Waals surface area (Å²) in [6.07, 6.45) is 5.53. The smallest absolute Gasteiger partial charge is 0.347 e. The molecule has 7 heteroatoms. The molecule has 2 aromatic heterocycles. The van der Waals surface area contributed by atoms with Crippen LogP contribution in [-0.2, 0) is 11.3 Å². The molecule has 0 unspecified atom stereocenters. The van der Waals surface area contributed by atoms with E-state index in [2.05, 4.69) is 10.4 Å². The van der Waals surface area contributed by atoms with E-state index in [4.69, 9.17) is 4.42 Å². The van der Waals surface area contributed by atoms with Gasteiger partial charge in [-0.1, -0.05) is 0 Å². The minimum absolute atomic E-state index is 0.0389. The first-order chi connectivity index (χ1) is 10.2. The summed E-state index contributed by atoms with van der Waals surface area (Å²) in [4.78, 5) is 24.3. The number of furan rings is 1. The molecule has 0 atom stereocenters. The Morgan fingerprint density at radius 1 is 1.38 bits per heavy atom. The van der Waals surface area contributed by atoms with E-state index in [1.54, 1.807) is 23.0 Å². The van der Waals surface area contributed by atoms with Gasteiger partial charge in [0, 0.05) is 12.1 Å². The van der Waals surface area contributed by atoms with Gasteiger partial charge in [0.2, 0.25) is 11.7 Å². The second-order valence-electron chi connectivity index (χ2n) is 5.68. The molecule has 0 aromatic carbocycles. The van der Waals surface area contributed by atoms with Crippen LogP contribution >= 0.6 is 0 Å². The van der Waals surface area contributed by atoms with Crippen molar-refractivity contribution in [1.82, 2.24) is 19.7 Å². The third-order valence-corrected chi connectivity index (χ3v) is 3.76. The number of rotatable bonds is 5. The number of carbonyl (C=O) groups is 1. The van der Waals surface area contributed by atoms with Crippen molar-refractivity contribution < 1.29 is 9.21 Å². The van der Waals surface area contributed by atoms with Crippen LogP contribution in [0.25, 0.3) is 11.6 Å². The van der Waals surface area contributed by atoms with Crippen LogP contribution in [0, 0.1) is 0 Å². The molecular weight excluding hydrogens is 272 g/mol. The van der Waals surface area contributed by atoms with Crippen molar-refractivity contribution in [3.8, 4) is 11.6 Å². The fourth-order valence-corrected chi connectivity index (χ4v) is 2.40. The van der Waals surface area contributed by atoms with Crippen molar-refractivity contribution in [2.75, 3.05) is 0 Å². The van der Waals surface area contributed by atoms with Crippen molar-refractivity contribution in [3.05, 3.63) is 28.9 Å². The Balaban J connectivity index is 1.66. The predicted octanol–water partition coefficient (Wildman–Crippen LogP) is 0.918. The number of hydrogen-bond acceptors (Lipinski definition) is 4. The molecule has 2 aliphatic carbocycles. The Hall–Kier alpha value is -2.31. The monoisotopic (exact) mass is 288 g/mol. The Bertz CT molecular complexity index is 720. The molecule has 0 bridgehead atoms. The number of nitrogens with one attached hydrogen (secondary N) is 1. The lowest BCUT2D eigenvalue weighted by Crippen LogP contribution is -2.34. The molecule has 2 saturated carbocycles. The van der Waals surface area contributed by atoms with Crippen LogP contribution in [0.5, 0.6) is 0 Å². The lowest BCUT2D eigenvalue weighted by molar-refractivity contribution is -0.122. The van der Waals surface area contributed by atoms with Crippen molar-refractivity contribution in [3.63, 3.8) is 0 Å². The highest BCUT2D eigenvalue weighted by atomic mass is 16.3. The zero-order chi connectivity index (χ0) is 14.4. The average molecular weight is 288 g/mol. The average Bonchev–Trinajstić information content (AvgIpc) is 3.37. The molecule has 0 spiro atoms. The molecule has 1 N–H and O–H groups in total. The highest BCUT2D eigenvalue weighted by molar-refractivity contribution is 5.76. The van der Waals surface area contributed by atoms with Crippen LogP contribution < -0.4 is 11.0 Å². The molecule has 110 valence electrons. The second-order valence-corrected chi connectivity index (χ2v) is 5.68. The first-order valence-corrected chi connectivity index (χ1v) is 7.25. The van der Waals surface area contributed by atoms with Crippen molar-refractivity contribution >= 4 is 5.91 Å². The van der Waals surface area contributed by atoms with E-state index in [1.807, 2.05) is 0 Å². The molecule has 2 heterocycles. The van der Waals surface area contributed by atoms with Gasteiger partial charge in [-0.2, -0.15) is 0 Å². The maximum Gasteiger partial charge on any atom is 0.347 e. The summed E-state index contributed by atoms with van der Waals surface area (Å²) in [5.74, 6) is 0.901. The predicted molar refractivity (Wildman–Crippen MR) is 73.6 cm³/mol. The van der Waals surface area contributed by atoms with Crippen LogP contribution in [0.1, 0.15) is 31.7 Å². The summed E-state index contributed by atoms with van der Waals surface area (Å²) >= 11 is 0. The molecule has 7 nitrogen and oxygen atoms in total. The Labute approximate surface area is 120 Å². The fraction of sp³-hybridized carbons (Fsp3) is 0.500. The van der Waals surface area contributed by atoms with Gasteiger partial charge in [0.15, 0.2) is 5.76 Å². The van der Waals surface area contributed by atoms with E-state index in [9.17, 15) is 9.59 Å². The number of aromatic nitrogens is 3. The van der Waals surface area contributed by atoms with E-state index < -0.39 is 0 Å². The van der Waals surface area contributed by atoms with Gasteiger partial charge in [-0.3, -0.25) is 9.36 Å². The van der Waals surface area contributed by atoms with Crippen molar-refractivity contribution in [1.29, 1.82) is 0 Å². The summed E-state index contributed by atoms with van der Waals surface area (Å²) in [6.45, 7) is -0.0389. The van der Waals surface area contributed by atoms with Gasteiger partial charge in [-0.25, -0.2) is 9.48 Å². The van der Waals surface area contributed by atoms with Crippen LogP contribution in [0.2, 0.25) is 0 Å². The summed E-state index contributed by atoms with van der Waals surface area (Å²) in [5, 5.41) is 7.16. The molecular formula is C14H16N4O3. The lowest BCUT2D eigenvalue weighted by atomic mass is 10.4. The fourth-order valence-electron chi connectivity index (χ4n) is 2.40. The van der Waals surface area contributed by atoms with Gasteiger partial charge >= 0.3 is 5.69 Å². The summed E-state index contributed by atoms with van der Waals surface area (Å²) in [7, 11) is 0. The Morgan fingerprint density at radius 3 is 2.81 bits per heavy atom. The summed E-state index contributed by atoms with van der Waals surface area (Å²) in [6, 6.07) is 3.99. The third kappa shape index (κ3) is 2.39. The maximum absolute atomic E-state index is 12.4. The number of nitrogens with zero attached hydrogens (tertiary/aromatic N) is 3. The lowest BCUT2D eigenvalue weighted by Gasteiger charge is -2.01. The molecule has 2 aromatic rings. The first kappa shape index (κ1) is 12.4.